The summed E-state index contributed by atoms with van der Waals surface area (Å²) >= 11 is 0. The van der Waals surface area contributed by atoms with Gasteiger partial charge in [0.15, 0.2) is 11.5 Å². The van der Waals surface area contributed by atoms with Crippen molar-refractivity contribution in [2.24, 2.45) is 11.8 Å². The van der Waals surface area contributed by atoms with Crippen LogP contribution in [0.4, 0.5) is 5.69 Å². The van der Waals surface area contributed by atoms with Gasteiger partial charge in [0, 0.05) is 49.6 Å². The Balaban J connectivity index is 1.16. The molecule has 8 heteroatoms. The fourth-order valence-electron chi connectivity index (χ4n) is 9.06. The van der Waals surface area contributed by atoms with Gasteiger partial charge in [0.1, 0.15) is 36.1 Å². The van der Waals surface area contributed by atoms with Gasteiger partial charge >= 0.3 is 0 Å². The Labute approximate surface area is 355 Å². The number of allylic oxidation sites excluding steroid dienone is 4. The first-order valence-corrected chi connectivity index (χ1v) is 21.7. The summed E-state index contributed by atoms with van der Waals surface area (Å²) in [7, 11) is 1.63. The van der Waals surface area contributed by atoms with Gasteiger partial charge in [-0.25, -0.2) is 0 Å². The highest BCUT2D eigenvalue weighted by molar-refractivity contribution is 6.00. The molecular weight excluding hydrogens is 751 g/mol. The van der Waals surface area contributed by atoms with E-state index in [-0.39, 0.29) is 54.5 Å². The Morgan fingerprint density at radius 2 is 1.85 bits per heavy atom. The van der Waals surface area contributed by atoms with Gasteiger partial charge in [0.05, 0.1) is 7.11 Å². The van der Waals surface area contributed by atoms with E-state index in [9.17, 15) is 20.1 Å². The highest BCUT2D eigenvalue weighted by Crippen LogP contribution is 2.42. The number of carbonyl (C=O) groups is 1. The standard InChI is InChI=1S/C52H59NO7/c1-4-53-41-14-7-11-35(26-41)10-5-6-12-37-28-38(13-8-24-54)48(56)30-40(37)29-43-31-42(55)20-17-36-18-23-50(58-3)51(27-36)60-33-39-19-22-46-45(15-9-25-59-43)49(57)32-47-34(2)16-21-44(39)52(46)47/h7,11,14,16,18-19,21-23,26-28,30,32,34,37,40,43,53-54,56-57H,4-6,8,10,12-13,15,17,20,24,29,31,33H2,1-3H3/t34-,37-,40+,43-/m0/s1. The van der Waals surface area contributed by atoms with E-state index in [0.29, 0.717) is 50.2 Å². The van der Waals surface area contributed by atoms with Crippen molar-refractivity contribution in [3.8, 4) is 29.3 Å². The number of nitrogens with one attached hydrogen (secondary N) is 1. The molecule has 0 aromatic heterocycles. The Bertz CT molecular complexity index is 2330. The number of phenolic OH excluding ortho intramolecular Hbond substituents is 1. The minimum absolute atomic E-state index is 0.0578. The lowest BCUT2D eigenvalue weighted by Gasteiger charge is -2.30. The highest BCUT2D eigenvalue weighted by atomic mass is 16.5. The van der Waals surface area contributed by atoms with E-state index in [1.165, 1.54) is 5.56 Å². The molecule has 314 valence electrons. The zero-order valence-electron chi connectivity index (χ0n) is 35.3. The second-order valence-electron chi connectivity index (χ2n) is 16.5. The summed E-state index contributed by atoms with van der Waals surface area (Å²) in [6, 6.07) is 20.4. The zero-order valence-corrected chi connectivity index (χ0v) is 35.3. The molecule has 4 aliphatic rings. The fraction of sp³-hybridized carbons (Fsp3) is 0.404. The maximum Gasteiger partial charge on any atom is 0.161 e. The summed E-state index contributed by atoms with van der Waals surface area (Å²) in [5, 5.41) is 37.6. The van der Waals surface area contributed by atoms with Crippen molar-refractivity contribution in [2.75, 3.05) is 25.6 Å². The fourth-order valence-corrected chi connectivity index (χ4v) is 9.06. The largest absolute Gasteiger partial charge is 0.508 e. The number of phenols is 1. The van der Waals surface area contributed by atoms with Crippen LogP contribution in [0.5, 0.6) is 17.2 Å². The van der Waals surface area contributed by atoms with Gasteiger partial charge in [-0.1, -0.05) is 67.8 Å². The molecule has 0 saturated carbocycles. The molecule has 0 amide bonds. The van der Waals surface area contributed by atoms with Gasteiger partial charge in [0.2, 0.25) is 0 Å². The van der Waals surface area contributed by atoms with Crippen LogP contribution >= 0.6 is 0 Å². The Morgan fingerprint density at radius 1 is 0.967 bits per heavy atom. The average molecular weight is 810 g/mol. The summed E-state index contributed by atoms with van der Waals surface area (Å²) in [4.78, 5) is 13.8. The molecule has 0 spiro atoms. The molecule has 4 N–H and O–H groups in total. The zero-order chi connectivity index (χ0) is 42.0. The van der Waals surface area contributed by atoms with Crippen LogP contribution in [-0.2, 0) is 35.4 Å². The number of aliphatic hydroxyl groups is 2. The molecule has 4 atom stereocenters. The number of aromatic hydroxyl groups is 1. The third-order valence-electron chi connectivity index (χ3n) is 12.3. The summed E-state index contributed by atoms with van der Waals surface area (Å²) in [5.41, 5.74) is 8.15. The van der Waals surface area contributed by atoms with Crippen molar-refractivity contribution in [3.63, 3.8) is 0 Å². The molecule has 2 aliphatic heterocycles. The molecule has 4 aromatic carbocycles. The predicted octanol–water partition coefficient (Wildman–Crippen LogP) is 10.7. The molecule has 0 saturated heterocycles. The van der Waals surface area contributed by atoms with Gasteiger partial charge in [-0.15, -0.1) is 0 Å². The van der Waals surface area contributed by atoms with Gasteiger partial charge < -0.3 is 34.8 Å². The van der Waals surface area contributed by atoms with E-state index in [0.717, 1.165) is 82.1 Å². The van der Waals surface area contributed by atoms with E-state index in [4.69, 9.17) is 14.2 Å². The number of hydrogen-bond acceptors (Lipinski definition) is 8. The number of aryl methyl sites for hydroxylation is 2. The van der Waals surface area contributed by atoms with Crippen LogP contribution in [0.15, 0.2) is 90.2 Å². The molecule has 2 aliphatic carbocycles. The van der Waals surface area contributed by atoms with Crippen LogP contribution in [0.1, 0.15) is 105 Å². The van der Waals surface area contributed by atoms with Crippen molar-refractivity contribution < 1.29 is 34.3 Å². The van der Waals surface area contributed by atoms with Crippen LogP contribution in [0, 0.1) is 23.9 Å². The molecule has 60 heavy (non-hydrogen) atoms. The monoisotopic (exact) mass is 809 g/mol. The Hall–Kier alpha value is -5.65. The summed E-state index contributed by atoms with van der Waals surface area (Å²) in [5.74, 6) is 5.10. The van der Waals surface area contributed by atoms with Crippen LogP contribution in [0.2, 0.25) is 0 Å². The lowest BCUT2D eigenvalue weighted by atomic mass is 9.77. The average Bonchev–Trinajstić information content (AvgIpc) is 3.24. The van der Waals surface area contributed by atoms with Crippen molar-refractivity contribution in [3.05, 3.63) is 124 Å². The third-order valence-corrected chi connectivity index (χ3v) is 12.3. The molecular formula is C52H59NO7. The van der Waals surface area contributed by atoms with Gasteiger partial charge in [-0.3, -0.25) is 4.79 Å². The van der Waals surface area contributed by atoms with E-state index in [1.54, 1.807) is 7.11 Å². The SMILES string of the molecule is CCNc1cccc(CCCC[C@H]2C=C(CCCO)C(O)=C[C@H]2C[C@H]2CC(=O)CCc3ccc(OC)c(c3)OCc3ccc4c(c(O)cc5c4c3C=C[C@@H]5C)CC#CO2)c1. The molecule has 4 aromatic rings. The van der Waals surface area contributed by atoms with E-state index < -0.39 is 6.10 Å². The number of unbranched alkanes of at least 4 members (excludes halogenated alkanes) is 1. The second kappa shape index (κ2) is 20.1. The number of benzene rings is 4. The lowest BCUT2D eigenvalue weighted by Crippen LogP contribution is -2.25. The minimum Gasteiger partial charge on any atom is -0.508 e. The number of ether oxygens (including phenoxy) is 3. The van der Waals surface area contributed by atoms with Crippen molar-refractivity contribution in [2.45, 2.75) is 103 Å². The normalized spacial score (nSPS) is 20.2. The minimum atomic E-state index is -0.516. The number of methoxy groups -OCH3 is 1. The molecule has 2 heterocycles. The maximum atomic E-state index is 13.8. The highest BCUT2D eigenvalue weighted by Gasteiger charge is 2.29. The number of aliphatic hydroxyl groups excluding tert-OH is 2. The summed E-state index contributed by atoms with van der Waals surface area (Å²) < 4.78 is 18.4. The number of ketones is 1. The van der Waals surface area contributed by atoms with Gasteiger partial charge in [-0.05, 0) is 144 Å². The topological polar surface area (TPSA) is 117 Å². The first kappa shape index (κ1) is 42.5. The lowest BCUT2D eigenvalue weighted by molar-refractivity contribution is -0.121. The molecule has 6 bridgehead atoms. The van der Waals surface area contributed by atoms with E-state index in [1.807, 2.05) is 30.3 Å². The summed E-state index contributed by atoms with van der Waals surface area (Å²) in [6.07, 6.45) is 17.8. The number of fused-ring (bicyclic) bond motifs is 9. The van der Waals surface area contributed by atoms with E-state index >= 15 is 0 Å². The number of hydrogen-bond donors (Lipinski definition) is 4. The Morgan fingerprint density at radius 3 is 2.68 bits per heavy atom. The van der Waals surface area contributed by atoms with Crippen LogP contribution in [0.25, 0.3) is 16.8 Å². The first-order chi connectivity index (χ1) is 29.2. The maximum absolute atomic E-state index is 13.8. The van der Waals surface area contributed by atoms with Crippen LogP contribution in [0.3, 0.4) is 0 Å². The molecule has 8 nitrogen and oxygen atoms in total. The van der Waals surface area contributed by atoms with Crippen LogP contribution in [-0.4, -0.2) is 47.5 Å². The predicted molar refractivity (Wildman–Crippen MR) is 240 cm³/mol. The van der Waals surface area contributed by atoms with Crippen LogP contribution < -0.4 is 14.8 Å². The van der Waals surface area contributed by atoms with Crippen molar-refractivity contribution in [1.82, 2.24) is 0 Å². The Kier molecular flexibility index (Phi) is 14.2. The first-order valence-electron chi connectivity index (χ1n) is 21.7. The van der Waals surface area contributed by atoms with Crippen molar-refractivity contribution >= 4 is 28.3 Å². The number of carbonyl (C=O) groups excluding carboxylic acids is 1. The molecule has 8 rings (SSSR count). The smallest absolute Gasteiger partial charge is 0.161 e. The summed E-state index contributed by atoms with van der Waals surface area (Å²) in [6.45, 7) is 5.49. The molecule has 0 fully saturated rings. The quantitative estimate of drug-likeness (QED) is 0.0779. The number of rotatable bonds is 13. The molecule has 0 unspecified atom stereocenters. The number of Topliss-reactive ketones (excluding diaryl/α,β-unsaturated/α-hetero) is 1. The second-order valence-corrected chi connectivity index (χ2v) is 16.5. The molecule has 0 radical (unpaired) electrons. The third kappa shape index (κ3) is 10.2. The van der Waals surface area contributed by atoms with Gasteiger partial charge in [-0.2, -0.15) is 0 Å². The number of anilines is 1. The van der Waals surface area contributed by atoms with Gasteiger partial charge in [0.25, 0.3) is 0 Å². The van der Waals surface area contributed by atoms with E-state index in [2.05, 4.69) is 85.8 Å². The van der Waals surface area contributed by atoms with Crippen molar-refractivity contribution in [1.29, 1.82) is 0 Å².